The SMILES string of the molecule is CC1(c2ccco2)NC(=O)N(Cc2ccc(N)nc2)C1=O. The van der Waals surface area contributed by atoms with Gasteiger partial charge in [-0.15, -0.1) is 0 Å². The molecular weight excluding hydrogens is 272 g/mol. The van der Waals surface area contributed by atoms with Gasteiger partial charge in [0.15, 0.2) is 5.54 Å². The summed E-state index contributed by atoms with van der Waals surface area (Å²) in [4.78, 5) is 29.7. The minimum absolute atomic E-state index is 0.133. The van der Waals surface area contributed by atoms with E-state index in [4.69, 9.17) is 10.2 Å². The minimum Gasteiger partial charge on any atom is -0.466 e. The number of hydrogen-bond acceptors (Lipinski definition) is 5. The van der Waals surface area contributed by atoms with Crippen LogP contribution in [0.4, 0.5) is 10.6 Å². The molecule has 0 spiro atoms. The van der Waals surface area contributed by atoms with Crippen LogP contribution in [0.2, 0.25) is 0 Å². The second kappa shape index (κ2) is 4.62. The third-order valence-electron chi connectivity index (χ3n) is 3.48. The number of hydrogen-bond donors (Lipinski definition) is 2. The van der Waals surface area contributed by atoms with Crippen LogP contribution in [0.1, 0.15) is 18.2 Å². The van der Waals surface area contributed by atoms with Crippen LogP contribution < -0.4 is 11.1 Å². The first-order valence-corrected chi connectivity index (χ1v) is 6.39. The molecule has 1 fully saturated rings. The molecule has 0 bridgehead atoms. The number of imide groups is 1. The molecule has 7 heteroatoms. The van der Waals surface area contributed by atoms with Crippen molar-refractivity contribution in [1.82, 2.24) is 15.2 Å². The van der Waals surface area contributed by atoms with Gasteiger partial charge in [0.05, 0.1) is 12.8 Å². The molecule has 1 aliphatic heterocycles. The summed E-state index contributed by atoms with van der Waals surface area (Å²) in [7, 11) is 0. The van der Waals surface area contributed by atoms with Crippen molar-refractivity contribution < 1.29 is 14.0 Å². The zero-order valence-electron chi connectivity index (χ0n) is 11.4. The van der Waals surface area contributed by atoms with E-state index in [1.54, 1.807) is 37.4 Å². The van der Waals surface area contributed by atoms with E-state index in [0.717, 1.165) is 10.5 Å². The predicted molar refractivity (Wildman–Crippen MR) is 73.8 cm³/mol. The highest BCUT2D eigenvalue weighted by atomic mass is 16.3. The fourth-order valence-corrected chi connectivity index (χ4v) is 2.28. The molecule has 3 heterocycles. The Balaban J connectivity index is 1.86. The second-order valence-electron chi connectivity index (χ2n) is 5.02. The van der Waals surface area contributed by atoms with E-state index < -0.39 is 11.6 Å². The molecule has 21 heavy (non-hydrogen) atoms. The molecule has 1 atom stereocenters. The molecule has 3 amide bonds. The third kappa shape index (κ3) is 2.12. The molecule has 3 N–H and O–H groups in total. The van der Waals surface area contributed by atoms with Gasteiger partial charge in [-0.3, -0.25) is 9.69 Å². The Morgan fingerprint density at radius 2 is 2.19 bits per heavy atom. The Bertz CT molecular complexity index is 681. The minimum atomic E-state index is -1.18. The van der Waals surface area contributed by atoms with E-state index in [2.05, 4.69) is 10.3 Å². The molecule has 1 aliphatic rings. The van der Waals surface area contributed by atoms with E-state index in [-0.39, 0.29) is 12.5 Å². The fraction of sp³-hybridized carbons (Fsp3) is 0.214. The van der Waals surface area contributed by atoms with Crippen LogP contribution in [0.25, 0.3) is 0 Å². The molecule has 1 saturated heterocycles. The molecule has 0 radical (unpaired) electrons. The van der Waals surface area contributed by atoms with Crippen molar-refractivity contribution in [1.29, 1.82) is 0 Å². The number of furan rings is 1. The summed E-state index contributed by atoms with van der Waals surface area (Å²) in [6, 6.07) is 6.22. The van der Waals surface area contributed by atoms with Crippen molar-refractivity contribution in [2.45, 2.75) is 19.0 Å². The van der Waals surface area contributed by atoms with Crippen molar-refractivity contribution >= 4 is 17.8 Å². The van der Waals surface area contributed by atoms with Crippen LogP contribution >= 0.6 is 0 Å². The zero-order chi connectivity index (χ0) is 15.0. The Morgan fingerprint density at radius 3 is 2.81 bits per heavy atom. The van der Waals surface area contributed by atoms with Crippen molar-refractivity contribution in [3.63, 3.8) is 0 Å². The molecule has 0 aromatic carbocycles. The van der Waals surface area contributed by atoms with Crippen LogP contribution in [0.3, 0.4) is 0 Å². The third-order valence-corrected chi connectivity index (χ3v) is 3.48. The zero-order valence-corrected chi connectivity index (χ0v) is 11.4. The molecule has 1 unspecified atom stereocenters. The number of rotatable bonds is 3. The number of amides is 3. The van der Waals surface area contributed by atoms with Crippen molar-refractivity contribution in [2.24, 2.45) is 0 Å². The quantitative estimate of drug-likeness (QED) is 0.826. The van der Waals surface area contributed by atoms with Crippen molar-refractivity contribution in [2.75, 3.05) is 5.73 Å². The summed E-state index contributed by atoms with van der Waals surface area (Å²) < 4.78 is 5.26. The van der Waals surface area contributed by atoms with Gasteiger partial charge in [-0.25, -0.2) is 9.78 Å². The number of carbonyl (C=O) groups is 2. The normalized spacial score (nSPS) is 21.7. The largest absolute Gasteiger partial charge is 0.466 e. The monoisotopic (exact) mass is 286 g/mol. The lowest BCUT2D eigenvalue weighted by Crippen LogP contribution is -2.40. The van der Waals surface area contributed by atoms with Gasteiger partial charge in [0.25, 0.3) is 5.91 Å². The van der Waals surface area contributed by atoms with Gasteiger partial charge in [0.2, 0.25) is 0 Å². The molecule has 3 rings (SSSR count). The molecular formula is C14H14N4O3. The first-order valence-electron chi connectivity index (χ1n) is 6.39. The molecule has 2 aromatic heterocycles. The Morgan fingerprint density at radius 1 is 1.38 bits per heavy atom. The Hall–Kier alpha value is -2.83. The molecule has 0 aliphatic carbocycles. The molecule has 7 nitrogen and oxygen atoms in total. The summed E-state index contributed by atoms with van der Waals surface area (Å²) in [6.07, 6.45) is 3.00. The Labute approximate surface area is 120 Å². The molecule has 108 valence electrons. The van der Waals surface area contributed by atoms with E-state index >= 15 is 0 Å². The molecule has 2 aromatic rings. The van der Waals surface area contributed by atoms with Crippen LogP contribution in [0, 0.1) is 0 Å². The number of aromatic nitrogens is 1. The highest BCUT2D eigenvalue weighted by Gasteiger charge is 2.50. The van der Waals surface area contributed by atoms with E-state index in [1.165, 1.54) is 6.26 Å². The van der Waals surface area contributed by atoms with Gasteiger partial charge in [-0.1, -0.05) is 6.07 Å². The number of nitrogens with two attached hydrogens (primary N) is 1. The topological polar surface area (TPSA) is 101 Å². The summed E-state index contributed by atoms with van der Waals surface area (Å²) in [5.41, 5.74) is 5.05. The number of urea groups is 1. The first kappa shape index (κ1) is 13.2. The van der Waals surface area contributed by atoms with Gasteiger partial charge in [-0.2, -0.15) is 0 Å². The van der Waals surface area contributed by atoms with Crippen LogP contribution in [0.5, 0.6) is 0 Å². The number of nitrogen functional groups attached to an aromatic ring is 1. The maximum Gasteiger partial charge on any atom is 0.325 e. The predicted octanol–water partition coefficient (Wildman–Crippen LogP) is 1.22. The lowest BCUT2D eigenvalue weighted by molar-refractivity contribution is -0.132. The second-order valence-corrected chi connectivity index (χ2v) is 5.02. The highest BCUT2D eigenvalue weighted by Crippen LogP contribution is 2.29. The number of anilines is 1. The molecule has 0 saturated carbocycles. The number of nitrogens with one attached hydrogen (secondary N) is 1. The summed E-state index contributed by atoms with van der Waals surface area (Å²) in [6.45, 7) is 1.75. The van der Waals surface area contributed by atoms with Gasteiger partial charge >= 0.3 is 6.03 Å². The Kier molecular flexibility index (Phi) is 2.90. The summed E-state index contributed by atoms with van der Waals surface area (Å²) in [5, 5.41) is 2.66. The van der Waals surface area contributed by atoms with Crippen molar-refractivity contribution in [3.8, 4) is 0 Å². The van der Waals surface area contributed by atoms with E-state index in [1.807, 2.05) is 0 Å². The van der Waals surface area contributed by atoms with Gasteiger partial charge in [0, 0.05) is 6.20 Å². The van der Waals surface area contributed by atoms with Crippen molar-refractivity contribution in [3.05, 3.63) is 48.0 Å². The highest BCUT2D eigenvalue weighted by molar-refractivity contribution is 6.06. The maximum absolute atomic E-state index is 12.5. The van der Waals surface area contributed by atoms with Gasteiger partial charge < -0.3 is 15.5 Å². The summed E-state index contributed by atoms with van der Waals surface area (Å²) in [5.74, 6) is 0.425. The van der Waals surface area contributed by atoms with E-state index in [0.29, 0.717) is 11.6 Å². The van der Waals surface area contributed by atoms with Crippen LogP contribution in [-0.4, -0.2) is 21.8 Å². The number of nitrogens with zero attached hydrogens (tertiary/aromatic N) is 2. The van der Waals surface area contributed by atoms with E-state index in [9.17, 15) is 9.59 Å². The van der Waals surface area contributed by atoms with Crippen LogP contribution in [0.15, 0.2) is 41.1 Å². The van der Waals surface area contributed by atoms with Gasteiger partial charge in [0.1, 0.15) is 11.6 Å². The summed E-state index contributed by atoms with van der Waals surface area (Å²) >= 11 is 0. The standard InChI is InChI=1S/C14H14N4O3/c1-14(10-3-2-6-21-10)12(19)18(13(20)17-14)8-9-4-5-11(15)16-7-9/h2-7H,8H2,1H3,(H2,15,16)(H,17,20). The average molecular weight is 286 g/mol. The first-order chi connectivity index (χ1) is 10.0. The number of carbonyl (C=O) groups excluding carboxylic acids is 2. The fourth-order valence-electron chi connectivity index (χ4n) is 2.28. The average Bonchev–Trinajstić information content (AvgIpc) is 3.06. The van der Waals surface area contributed by atoms with Crippen LogP contribution in [-0.2, 0) is 16.9 Å². The lowest BCUT2D eigenvalue weighted by atomic mass is 9.99. The smallest absolute Gasteiger partial charge is 0.325 e. The maximum atomic E-state index is 12.5. The van der Waals surface area contributed by atoms with Gasteiger partial charge in [-0.05, 0) is 30.7 Å². The number of pyridine rings is 1. The lowest BCUT2D eigenvalue weighted by Gasteiger charge is -2.19.